The fourth-order valence-corrected chi connectivity index (χ4v) is 2.45. The summed E-state index contributed by atoms with van der Waals surface area (Å²) in [6, 6.07) is 4.68. The monoisotopic (exact) mass is 296 g/mol. The number of benzene rings is 1. The maximum Gasteiger partial charge on any atom is 0.240 e. The number of nitrogens with zero attached hydrogens (tertiary/aromatic N) is 3. The van der Waals surface area contributed by atoms with E-state index in [4.69, 9.17) is 10.9 Å². The van der Waals surface area contributed by atoms with Crippen molar-refractivity contribution < 1.29 is 8.42 Å². The van der Waals surface area contributed by atoms with Gasteiger partial charge in [-0.2, -0.15) is 0 Å². The summed E-state index contributed by atoms with van der Waals surface area (Å²) in [5, 5.41) is 15.7. The predicted octanol–water partition coefficient (Wildman–Crippen LogP) is 0.00990. The van der Waals surface area contributed by atoms with Gasteiger partial charge < -0.3 is 11.1 Å². The smallest absolute Gasteiger partial charge is 0.240 e. The predicted molar refractivity (Wildman–Crippen MR) is 75.4 cm³/mol. The lowest BCUT2D eigenvalue weighted by Gasteiger charge is -2.11. The van der Waals surface area contributed by atoms with Crippen molar-refractivity contribution in [3.63, 3.8) is 0 Å². The number of nitrogens with one attached hydrogen (secondary N) is 1. The van der Waals surface area contributed by atoms with Gasteiger partial charge in [0.1, 0.15) is 4.90 Å². The van der Waals surface area contributed by atoms with Gasteiger partial charge in [0.2, 0.25) is 10.0 Å². The molecule has 0 radical (unpaired) electrons. The minimum Gasteiger partial charge on any atom is -0.396 e. The van der Waals surface area contributed by atoms with E-state index in [-0.39, 0.29) is 10.6 Å². The van der Waals surface area contributed by atoms with E-state index in [1.807, 2.05) is 0 Å². The van der Waals surface area contributed by atoms with Gasteiger partial charge >= 0.3 is 0 Å². The van der Waals surface area contributed by atoms with Gasteiger partial charge in [-0.3, -0.25) is 4.68 Å². The Morgan fingerprint density at radius 2 is 2.15 bits per heavy atom. The number of sulfonamides is 1. The molecule has 8 nitrogen and oxygen atoms in total. The second-order valence-electron chi connectivity index (χ2n) is 4.21. The highest BCUT2D eigenvalue weighted by molar-refractivity contribution is 7.89. The van der Waals surface area contributed by atoms with Crippen LogP contribution in [0.4, 0.5) is 11.4 Å². The van der Waals surface area contributed by atoms with Gasteiger partial charge in [0.25, 0.3) is 0 Å². The molecule has 2 aromatic rings. The number of rotatable bonds is 6. The Labute approximate surface area is 116 Å². The van der Waals surface area contributed by atoms with Gasteiger partial charge in [-0.05, 0) is 18.6 Å². The van der Waals surface area contributed by atoms with E-state index in [2.05, 4.69) is 15.6 Å². The normalized spacial score (nSPS) is 11.4. The Morgan fingerprint density at radius 3 is 2.80 bits per heavy atom. The Hall–Kier alpha value is -2.13. The molecule has 0 amide bonds. The first-order valence-electron chi connectivity index (χ1n) is 5.98. The molecule has 0 fully saturated rings. The van der Waals surface area contributed by atoms with Crippen LogP contribution in [0.2, 0.25) is 0 Å². The molecule has 0 aliphatic heterocycles. The summed E-state index contributed by atoms with van der Waals surface area (Å²) in [7, 11) is -3.81. The highest BCUT2D eigenvalue weighted by Gasteiger charge is 2.14. The van der Waals surface area contributed by atoms with Crippen molar-refractivity contribution in [1.29, 1.82) is 0 Å². The minimum absolute atomic E-state index is 0.0706. The van der Waals surface area contributed by atoms with Crippen LogP contribution < -0.4 is 16.2 Å². The van der Waals surface area contributed by atoms with Crippen LogP contribution in [-0.4, -0.2) is 30.0 Å². The topological polar surface area (TPSA) is 129 Å². The van der Waals surface area contributed by atoms with E-state index < -0.39 is 10.0 Å². The van der Waals surface area contributed by atoms with E-state index in [1.54, 1.807) is 29.2 Å². The standard InChI is InChI=1S/C11H16N6O2S/c12-11-9(3-1-4-10(11)20(13,18)19)14-5-2-7-17-8-6-15-16-17/h1,3-4,6,8,14H,2,5,7,12H2,(H2,13,18,19). The molecule has 108 valence electrons. The summed E-state index contributed by atoms with van der Waals surface area (Å²) in [6.45, 7) is 1.33. The van der Waals surface area contributed by atoms with Crippen molar-refractivity contribution in [3.05, 3.63) is 30.6 Å². The van der Waals surface area contributed by atoms with E-state index in [0.717, 1.165) is 6.42 Å². The zero-order valence-electron chi connectivity index (χ0n) is 10.7. The van der Waals surface area contributed by atoms with Crippen molar-refractivity contribution in [2.24, 2.45) is 5.14 Å². The molecule has 0 unspecified atom stereocenters. The first-order valence-corrected chi connectivity index (χ1v) is 7.52. The molecule has 0 aliphatic rings. The first-order chi connectivity index (χ1) is 9.48. The zero-order chi connectivity index (χ0) is 14.6. The highest BCUT2D eigenvalue weighted by atomic mass is 32.2. The molecule has 1 aromatic heterocycles. The summed E-state index contributed by atoms with van der Waals surface area (Å²) >= 11 is 0. The molecule has 0 saturated carbocycles. The van der Waals surface area contributed by atoms with Crippen LogP contribution in [0, 0.1) is 0 Å². The average Bonchev–Trinajstić information content (AvgIpc) is 2.88. The van der Waals surface area contributed by atoms with Crippen molar-refractivity contribution in [2.75, 3.05) is 17.6 Å². The largest absolute Gasteiger partial charge is 0.396 e. The van der Waals surface area contributed by atoms with Crippen LogP contribution in [0.15, 0.2) is 35.5 Å². The summed E-state index contributed by atoms with van der Waals surface area (Å²) < 4.78 is 24.4. The number of anilines is 2. The SMILES string of the molecule is Nc1c(NCCCn2ccnn2)cccc1S(N)(=O)=O. The van der Waals surface area contributed by atoms with Crippen LogP contribution in [0.3, 0.4) is 0 Å². The maximum absolute atomic E-state index is 11.3. The number of aryl methyl sites for hydroxylation is 1. The van der Waals surface area contributed by atoms with Crippen molar-refractivity contribution >= 4 is 21.4 Å². The van der Waals surface area contributed by atoms with Gasteiger partial charge in [0, 0.05) is 19.3 Å². The van der Waals surface area contributed by atoms with Crippen molar-refractivity contribution in [3.8, 4) is 0 Å². The number of hydrogen-bond acceptors (Lipinski definition) is 6. The molecule has 0 spiro atoms. The lowest BCUT2D eigenvalue weighted by atomic mass is 10.2. The third kappa shape index (κ3) is 3.45. The van der Waals surface area contributed by atoms with Crippen LogP contribution in [0.5, 0.6) is 0 Å². The molecule has 0 aliphatic carbocycles. The quantitative estimate of drug-likeness (QED) is 0.508. The summed E-state index contributed by atoms with van der Waals surface area (Å²) in [6.07, 6.45) is 4.18. The lowest BCUT2D eigenvalue weighted by Crippen LogP contribution is -2.16. The summed E-state index contributed by atoms with van der Waals surface area (Å²) in [5.41, 5.74) is 6.48. The fourth-order valence-electron chi connectivity index (χ4n) is 1.76. The van der Waals surface area contributed by atoms with Gasteiger partial charge in [-0.25, -0.2) is 13.6 Å². The van der Waals surface area contributed by atoms with Crippen LogP contribution in [0.1, 0.15) is 6.42 Å². The van der Waals surface area contributed by atoms with Gasteiger partial charge in [-0.15, -0.1) is 5.10 Å². The molecule has 1 heterocycles. The average molecular weight is 296 g/mol. The van der Waals surface area contributed by atoms with Crippen molar-refractivity contribution in [1.82, 2.24) is 15.0 Å². The number of primary sulfonamides is 1. The number of nitrogen functional groups attached to an aromatic ring is 1. The lowest BCUT2D eigenvalue weighted by molar-refractivity contribution is 0.570. The molecule has 20 heavy (non-hydrogen) atoms. The molecular formula is C11H16N6O2S. The Bertz CT molecular complexity index is 668. The van der Waals surface area contributed by atoms with E-state index in [9.17, 15) is 8.42 Å². The molecule has 2 rings (SSSR count). The Balaban J connectivity index is 1.96. The molecule has 0 saturated heterocycles. The van der Waals surface area contributed by atoms with Crippen molar-refractivity contribution in [2.45, 2.75) is 17.9 Å². The van der Waals surface area contributed by atoms with Crippen LogP contribution in [0.25, 0.3) is 0 Å². The third-order valence-electron chi connectivity index (χ3n) is 2.72. The molecule has 0 atom stereocenters. The fraction of sp³-hybridized carbons (Fsp3) is 0.273. The van der Waals surface area contributed by atoms with E-state index in [1.165, 1.54) is 6.07 Å². The maximum atomic E-state index is 11.3. The Morgan fingerprint density at radius 1 is 1.35 bits per heavy atom. The van der Waals surface area contributed by atoms with Crippen LogP contribution in [-0.2, 0) is 16.6 Å². The highest BCUT2D eigenvalue weighted by Crippen LogP contribution is 2.25. The first kappa shape index (κ1) is 14.3. The second kappa shape index (κ2) is 5.88. The molecule has 0 bridgehead atoms. The molecular weight excluding hydrogens is 280 g/mol. The molecule has 5 N–H and O–H groups in total. The van der Waals surface area contributed by atoms with Gasteiger partial charge in [-0.1, -0.05) is 11.3 Å². The van der Waals surface area contributed by atoms with Gasteiger partial charge in [0.05, 0.1) is 17.6 Å². The number of aromatic nitrogens is 3. The third-order valence-corrected chi connectivity index (χ3v) is 3.69. The summed E-state index contributed by atoms with van der Waals surface area (Å²) in [5.74, 6) is 0. The second-order valence-corrected chi connectivity index (χ2v) is 5.74. The van der Waals surface area contributed by atoms with Gasteiger partial charge in [0.15, 0.2) is 0 Å². The molecule has 1 aromatic carbocycles. The van der Waals surface area contributed by atoms with E-state index in [0.29, 0.717) is 18.8 Å². The van der Waals surface area contributed by atoms with Crippen LogP contribution >= 0.6 is 0 Å². The molecule has 9 heteroatoms. The number of nitrogens with two attached hydrogens (primary N) is 2. The number of hydrogen-bond donors (Lipinski definition) is 3. The number of para-hydroxylation sites is 1. The summed E-state index contributed by atoms with van der Waals surface area (Å²) in [4.78, 5) is -0.0706. The zero-order valence-corrected chi connectivity index (χ0v) is 11.5. The van der Waals surface area contributed by atoms with E-state index >= 15 is 0 Å². The Kier molecular flexibility index (Phi) is 4.20. The minimum atomic E-state index is -3.81.